The molecule has 1 fully saturated rings. The summed E-state index contributed by atoms with van der Waals surface area (Å²) >= 11 is 1.99. The minimum absolute atomic E-state index is 0.622. The maximum atomic E-state index is 4.34. The van der Waals surface area contributed by atoms with Crippen molar-refractivity contribution < 1.29 is 0 Å². The standard InChI is InChI=1S/C12H18N2S/c1-9-5-6-13-12(7-9)14-10-3-4-11(8-10)15-2/h5-7,10-11H,3-4,8H2,1-2H3,(H,13,14). The summed E-state index contributed by atoms with van der Waals surface area (Å²) in [5.41, 5.74) is 1.27. The molecule has 0 spiro atoms. The van der Waals surface area contributed by atoms with E-state index in [9.17, 15) is 0 Å². The Labute approximate surface area is 95.9 Å². The molecular formula is C12H18N2S. The first kappa shape index (κ1) is 10.8. The van der Waals surface area contributed by atoms with Crippen molar-refractivity contribution in [3.8, 4) is 0 Å². The predicted octanol–water partition coefficient (Wildman–Crippen LogP) is 3.09. The van der Waals surface area contributed by atoms with Gasteiger partial charge in [0.15, 0.2) is 0 Å². The molecule has 1 N–H and O–H groups in total. The van der Waals surface area contributed by atoms with E-state index in [1.54, 1.807) is 0 Å². The fraction of sp³-hybridized carbons (Fsp3) is 0.583. The van der Waals surface area contributed by atoms with Crippen molar-refractivity contribution in [3.63, 3.8) is 0 Å². The van der Waals surface area contributed by atoms with E-state index in [4.69, 9.17) is 0 Å². The third-order valence-electron chi connectivity index (χ3n) is 2.99. The lowest BCUT2D eigenvalue weighted by molar-refractivity contribution is 0.752. The van der Waals surface area contributed by atoms with Gasteiger partial charge in [-0.05, 0) is 50.1 Å². The Bertz CT molecular complexity index is 327. The molecule has 1 aliphatic carbocycles. The number of pyridine rings is 1. The highest BCUT2D eigenvalue weighted by molar-refractivity contribution is 7.99. The third-order valence-corrected chi connectivity index (χ3v) is 4.08. The van der Waals surface area contributed by atoms with E-state index >= 15 is 0 Å². The van der Waals surface area contributed by atoms with Crippen LogP contribution in [-0.4, -0.2) is 22.5 Å². The molecule has 0 aromatic carbocycles. The molecule has 0 bridgehead atoms. The zero-order valence-corrected chi connectivity index (χ0v) is 10.2. The van der Waals surface area contributed by atoms with Crippen molar-refractivity contribution in [3.05, 3.63) is 23.9 Å². The average Bonchev–Trinajstić information content (AvgIpc) is 2.65. The minimum Gasteiger partial charge on any atom is -0.367 e. The molecular weight excluding hydrogens is 204 g/mol. The Morgan fingerprint density at radius 3 is 3.00 bits per heavy atom. The number of hydrogen-bond acceptors (Lipinski definition) is 3. The van der Waals surface area contributed by atoms with Crippen molar-refractivity contribution in [2.75, 3.05) is 11.6 Å². The summed E-state index contributed by atoms with van der Waals surface area (Å²) in [7, 11) is 0. The lowest BCUT2D eigenvalue weighted by Crippen LogP contribution is -2.16. The van der Waals surface area contributed by atoms with Crippen molar-refractivity contribution in [2.24, 2.45) is 0 Å². The molecule has 0 saturated heterocycles. The van der Waals surface area contributed by atoms with Crippen molar-refractivity contribution in [1.82, 2.24) is 4.98 Å². The van der Waals surface area contributed by atoms with Gasteiger partial charge in [0.2, 0.25) is 0 Å². The van der Waals surface area contributed by atoms with Crippen LogP contribution in [0.15, 0.2) is 18.3 Å². The van der Waals surface area contributed by atoms with Crippen LogP contribution in [0.5, 0.6) is 0 Å². The zero-order valence-electron chi connectivity index (χ0n) is 9.36. The first-order valence-electron chi connectivity index (χ1n) is 5.50. The van der Waals surface area contributed by atoms with Gasteiger partial charge in [0.25, 0.3) is 0 Å². The molecule has 2 nitrogen and oxygen atoms in total. The van der Waals surface area contributed by atoms with E-state index < -0.39 is 0 Å². The highest BCUT2D eigenvalue weighted by Gasteiger charge is 2.23. The second-order valence-corrected chi connectivity index (χ2v) is 5.37. The number of nitrogens with zero attached hydrogens (tertiary/aromatic N) is 1. The lowest BCUT2D eigenvalue weighted by Gasteiger charge is -2.13. The van der Waals surface area contributed by atoms with Gasteiger partial charge in [-0.2, -0.15) is 11.8 Å². The minimum atomic E-state index is 0.622. The number of aromatic nitrogens is 1. The molecule has 0 amide bonds. The summed E-state index contributed by atoms with van der Waals surface area (Å²) < 4.78 is 0. The molecule has 2 unspecified atom stereocenters. The molecule has 2 rings (SSSR count). The van der Waals surface area contributed by atoms with Gasteiger partial charge in [-0.3, -0.25) is 0 Å². The van der Waals surface area contributed by atoms with E-state index in [1.807, 2.05) is 24.0 Å². The van der Waals surface area contributed by atoms with Crippen LogP contribution >= 0.6 is 11.8 Å². The lowest BCUT2D eigenvalue weighted by atomic mass is 10.2. The van der Waals surface area contributed by atoms with Gasteiger partial charge in [0.05, 0.1) is 0 Å². The van der Waals surface area contributed by atoms with Crippen LogP contribution in [0.1, 0.15) is 24.8 Å². The Morgan fingerprint density at radius 1 is 1.47 bits per heavy atom. The summed E-state index contributed by atoms with van der Waals surface area (Å²) in [5, 5.41) is 4.36. The van der Waals surface area contributed by atoms with Crippen LogP contribution < -0.4 is 5.32 Å². The van der Waals surface area contributed by atoms with Crippen LogP contribution in [0.4, 0.5) is 5.82 Å². The second-order valence-electron chi connectivity index (χ2n) is 4.23. The van der Waals surface area contributed by atoms with Gasteiger partial charge >= 0.3 is 0 Å². The summed E-state index contributed by atoms with van der Waals surface area (Å²) in [6.07, 6.45) is 7.97. The fourth-order valence-electron chi connectivity index (χ4n) is 2.11. The number of thioether (sulfide) groups is 1. The fourth-order valence-corrected chi connectivity index (χ4v) is 2.91. The molecule has 1 heterocycles. The molecule has 1 saturated carbocycles. The highest BCUT2D eigenvalue weighted by atomic mass is 32.2. The molecule has 0 radical (unpaired) electrons. The molecule has 2 atom stereocenters. The Hall–Kier alpha value is -0.700. The van der Waals surface area contributed by atoms with Gasteiger partial charge < -0.3 is 5.32 Å². The van der Waals surface area contributed by atoms with E-state index in [2.05, 4.69) is 29.5 Å². The molecule has 15 heavy (non-hydrogen) atoms. The molecule has 82 valence electrons. The van der Waals surface area contributed by atoms with Gasteiger partial charge in [-0.25, -0.2) is 4.98 Å². The summed E-state index contributed by atoms with van der Waals surface area (Å²) in [5.74, 6) is 1.03. The Morgan fingerprint density at radius 2 is 2.33 bits per heavy atom. The number of anilines is 1. The van der Waals surface area contributed by atoms with Crippen LogP contribution in [-0.2, 0) is 0 Å². The maximum Gasteiger partial charge on any atom is 0.126 e. The normalized spacial score (nSPS) is 25.5. The van der Waals surface area contributed by atoms with Gasteiger partial charge in [-0.1, -0.05) is 0 Å². The van der Waals surface area contributed by atoms with Crippen LogP contribution in [0.2, 0.25) is 0 Å². The molecule has 1 aromatic heterocycles. The molecule has 3 heteroatoms. The monoisotopic (exact) mass is 222 g/mol. The van der Waals surface area contributed by atoms with Crippen LogP contribution in [0, 0.1) is 6.92 Å². The SMILES string of the molecule is CSC1CCC(Nc2cc(C)ccn2)C1. The first-order chi connectivity index (χ1) is 7.28. The number of aryl methyl sites for hydroxylation is 1. The summed E-state index contributed by atoms with van der Waals surface area (Å²) in [6, 6.07) is 4.77. The number of hydrogen-bond donors (Lipinski definition) is 1. The second kappa shape index (κ2) is 4.88. The van der Waals surface area contributed by atoms with Crippen molar-refractivity contribution in [2.45, 2.75) is 37.5 Å². The zero-order chi connectivity index (χ0) is 10.7. The quantitative estimate of drug-likeness (QED) is 0.850. The Balaban J connectivity index is 1.92. The first-order valence-corrected chi connectivity index (χ1v) is 6.78. The third kappa shape index (κ3) is 2.88. The summed E-state index contributed by atoms with van der Waals surface area (Å²) in [4.78, 5) is 4.34. The van der Waals surface area contributed by atoms with Gasteiger partial charge in [0.1, 0.15) is 5.82 Å². The van der Waals surface area contributed by atoms with E-state index in [0.29, 0.717) is 6.04 Å². The molecule has 1 aromatic rings. The predicted molar refractivity (Wildman–Crippen MR) is 67.5 cm³/mol. The number of nitrogens with one attached hydrogen (secondary N) is 1. The Kier molecular flexibility index (Phi) is 3.52. The van der Waals surface area contributed by atoms with Crippen LogP contribution in [0.3, 0.4) is 0 Å². The smallest absolute Gasteiger partial charge is 0.126 e. The van der Waals surface area contributed by atoms with Crippen molar-refractivity contribution >= 4 is 17.6 Å². The maximum absolute atomic E-state index is 4.34. The molecule has 1 aliphatic rings. The number of rotatable bonds is 3. The molecule has 0 aliphatic heterocycles. The van der Waals surface area contributed by atoms with E-state index in [-0.39, 0.29) is 0 Å². The highest BCUT2D eigenvalue weighted by Crippen LogP contribution is 2.29. The van der Waals surface area contributed by atoms with E-state index in [1.165, 1.54) is 24.8 Å². The van der Waals surface area contributed by atoms with Crippen molar-refractivity contribution in [1.29, 1.82) is 0 Å². The van der Waals surface area contributed by atoms with Crippen LogP contribution in [0.25, 0.3) is 0 Å². The summed E-state index contributed by atoms with van der Waals surface area (Å²) in [6.45, 7) is 2.10. The topological polar surface area (TPSA) is 24.9 Å². The average molecular weight is 222 g/mol. The van der Waals surface area contributed by atoms with Gasteiger partial charge in [-0.15, -0.1) is 0 Å². The van der Waals surface area contributed by atoms with E-state index in [0.717, 1.165) is 11.1 Å². The largest absolute Gasteiger partial charge is 0.367 e. The van der Waals surface area contributed by atoms with Gasteiger partial charge in [0, 0.05) is 17.5 Å².